The number of aromatic nitrogens is 2. The van der Waals surface area contributed by atoms with E-state index in [1.54, 1.807) is 12.3 Å². The van der Waals surface area contributed by atoms with Gasteiger partial charge in [-0.2, -0.15) is 0 Å². The SMILES string of the molecule is Fc1cccc(-c2nc3cccnc3s2)c1. The normalized spacial score (nSPS) is 10.8. The highest BCUT2D eigenvalue weighted by atomic mass is 32.1. The zero-order chi connectivity index (χ0) is 11.0. The largest absolute Gasteiger partial charge is 0.244 e. The molecule has 0 N–H and O–H groups in total. The van der Waals surface area contributed by atoms with Crippen LogP contribution in [0.3, 0.4) is 0 Å². The summed E-state index contributed by atoms with van der Waals surface area (Å²) in [6.07, 6.45) is 1.73. The molecule has 0 saturated carbocycles. The second-order valence-electron chi connectivity index (χ2n) is 3.36. The van der Waals surface area contributed by atoms with E-state index in [2.05, 4.69) is 9.97 Å². The van der Waals surface area contributed by atoms with E-state index in [9.17, 15) is 4.39 Å². The van der Waals surface area contributed by atoms with Gasteiger partial charge in [0, 0.05) is 11.8 Å². The highest BCUT2D eigenvalue weighted by Crippen LogP contribution is 2.28. The van der Waals surface area contributed by atoms with Crippen LogP contribution in [0.1, 0.15) is 0 Å². The Hall–Kier alpha value is -1.81. The number of fused-ring (bicyclic) bond motifs is 1. The van der Waals surface area contributed by atoms with Crippen molar-refractivity contribution in [3.63, 3.8) is 0 Å². The predicted molar refractivity (Wildman–Crippen MR) is 62.8 cm³/mol. The van der Waals surface area contributed by atoms with Crippen LogP contribution < -0.4 is 0 Å². The molecule has 2 nitrogen and oxygen atoms in total. The lowest BCUT2D eigenvalue weighted by Gasteiger charge is -1.94. The first kappa shape index (κ1) is 9.42. The Bertz CT molecular complexity index is 615. The first-order valence-electron chi connectivity index (χ1n) is 4.80. The van der Waals surface area contributed by atoms with Gasteiger partial charge in [-0.05, 0) is 24.3 Å². The van der Waals surface area contributed by atoms with Gasteiger partial charge in [-0.15, -0.1) is 0 Å². The quantitative estimate of drug-likeness (QED) is 0.639. The first-order chi connectivity index (χ1) is 7.83. The smallest absolute Gasteiger partial charge is 0.143 e. The van der Waals surface area contributed by atoms with Crippen LogP contribution in [0.25, 0.3) is 20.9 Å². The van der Waals surface area contributed by atoms with E-state index < -0.39 is 0 Å². The fourth-order valence-electron chi connectivity index (χ4n) is 1.51. The molecule has 0 aliphatic carbocycles. The van der Waals surface area contributed by atoms with E-state index in [0.717, 1.165) is 20.9 Å². The van der Waals surface area contributed by atoms with Crippen molar-refractivity contribution < 1.29 is 4.39 Å². The lowest BCUT2D eigenvalue weighted by molar-refractivity contribution is 0.628. The Kier molecular flexibility index (Phi) is 2.15. The first-order valence-corrected chi connectivity index (χ1v) is 5.62. The van der Waals surface area contributed by atoms with E-state index in [1.807, 2.05) is 18.2 Å². The third kappa shape index (κ3) is 1.57. The molecule has 0 saturated heterocycles. The van der Waals surface area contributed by atoms with E-state index in [0.29, 0.717) is 0 Å². The fourth-order valence-corrected chi connectivity index (χ4v) is 2.42. The number of pyridine rings is 1. The minimum atomic E-state index is -0.246. The van der Waals surface area contributed by atoms with Crippen molar-refractivity contribution in [3.05, 3.63) is 48.4 Å². The van der Waals surface area contributed by atoms with E-state index in [1.165, 1.54) is 23.5 Å². The molecule has 0 atom stereocenters. The molecule has 0 amide bonds. The number of thiazole rings is 1. The molecule has 0 bridgehead atoms. The summed E-state index contributed by atoms with van der Waals surface area (Å²) < 4.78 is 13.1. The zero-order valence-corrected chi connectivity index (χ0v) is 9.04. The fraction of sp³-hybridized carbons (Fsp3) is 0. The van der Waals surface area contributed by atoms with Crippen molar-refractivity contribution in [2.75, 3.05) is 0 Å². The van der Waals surface area contributed by atoms with Gasteiger partial charge < -0.3 is 0 Å². The van der Waals surface area contributed by atoms with Crippen LogP contribution in [0.15, 0.2) is 42.6 Å². The van der Waals surface area contributed by atoms with Gasteiger partial charge in [0.25, 0.3) is 0 Å². The van der Waals surface area contributed by atoms with Crippen molar-refractivity contribution in [1.29, 1.82) is 0 Å². The van der Waals surface area contributed by atoms with Crippen LogP contribution in [0.2, 0.25) is 0 Å². The van der Waals surface area contributed by atoms with Crippen LogP contribution in [0.5, 0.6) is 0 Å². The molecule has 1 aromatic carbocycles. The number of hydrogen-bond acceptors (Lipinski definition) is 3. The van der Waals surface area contributed by atoms with Crippen LogP contribution in [-0.4, -0.2) is 9.97 Å². The molecule has 0 radical (unpaired) electrons. The molecule has 3 rings (SSSR count). The number of nitrogens with zero attached hydrogens (tertiary/aromatic N) is 2. The van der Waals surface area contributed by atoms with E-state index in [4.69, 9.17) is 0 Å². The maximum Gasteiger partial charge on any atom is 0.143 e. The summed E-state index contributed by atoms with van der Waals surface area (Å²) in [4.78, 5) is 9.50. The molecular weight excluding hydrogens is 223 g/mol. The molecular formula is C12H7FN2S. The molecule has 2 heterocycles. The van der Waals surface area contributed by atoms with Crippen molar-refractivity contribution in [3.8, 4) is 10.6 Å². The Morgan fingerprint density at radius 2 is 2.06 bits per heavy atom. The molecule has 78 valence electrons. The number of benzene rings is 1. The van der Waals surface area contributed by atoms with Gasteiger partial charge >= 0.3 is 0 Å². The molecule has 0 unspecified atom stereocenters. The summed E-state index contributed by atoms with van der Waals surface area (Å²) in [5, 5.41) is 0.799. The average Bonchev–Trinajstić information content (AvgIpc) is 2.72. The minimum Gasteiger partial charge on any atom is -0.244 e. The molecule has 0 spiro atoms. The molecule has 2 aromatic heterocycles. The summed E-state index contributed by atoms with van der Waals surface area (Å²) in [7, 11) is 0. The highest BCUT2D eigenvalue weighted by Gasteiger charge is 2.06. The standard InChI is InChI=1S/C12H7FN2S/c13-9-4-1-3-8(7-9)11-15-10-5-2-6-14-12(10)16-11/h1-7H. The van der Waals surface area contributed by atoms with Crippen LogP contribution in [-0.2, 0) is 0 Å². The number of hydrogen-bond donors (Lipinski definition) is 0. The number of halogens is 1. The van der Waals surface area contributed by atoms with Gasteiger partial charge in [0.2, 0.25) is 0 Å². The van der Waals surface area contributed by atoms with Gasteiger partial charge in [-0.1, -0.05) is 23.5 Å². The Morgan fingerprint density at radius 3 is 2.88 bits per heavy atom. The van der Waals surface area contributed by atoms with Crippen LogP contribution in [0.4, 0.5) is 4.39 Å². The van der Waals surface area contributed by atoms with Gasteiger partial charge in [0.15, 0.2) is 0 Å². The monoisotopic (exact) mass is 230 g/mol. The lowest BCUT2D eigenvalue weighted by Crippen LogP contribution is -1.77. The van der Waals surface area contributed by atoms with Gasteiger partial charge in [-0.25, -0.2) is 14.4 Å². The summed E-state index contributed by atoms with van der Waals surface area (Å²) in [6, 6.07) is 10.2. The van der Waals surface area contributed by atoms with Crippen LogP contribution >= 0.6 is 11.3 Å². The average molecular weight is 230 g/mol. The van der Waals surface area contributed by atoms with Crippen molar-refractivity contribution in [2.45, 2.75) is 0 Å². The molecule has 3 aromatic rings. The van der Waals surface area contributed by atoms with Gasteiger partial charge in [0.05, 0.1) is 0 Å². The van der Waals surface area contributed by atoms with E-state index >= 15 is 0 Å². The lowest BCUT2D eigenvalue weighted by atomic mass is 10.2. The number of rotatable bonds is 1. The van der Waals surface area contributed by atoms with E-state index in [-0.39, 0.29) is 5.82 Å². The van der Waals surface area contributed by atoms with Gasteiger partial charge in [0.1, 0.15) is 21.2 Å². The molecule has 4 heteroatoms. The van der Waals surface area contributed by atoms with Gasteiger partial charge in [-0.3, -0.25) is 0 Å². The Morgan fingerprint density at radius 1 is 1.12 bits per heavy atom. The zero-order valence-electron chi connectivity index (χ0n) is 8.22. The molecule has 0 fully saturated rings. The van der Waals surface area contributed by atoms with Crippen LogP contribution in [0, 0.1) is 5.82 Å². The molecule has 0 aliphatic heterocycles. The maximum atomic E-state index is 13.1. The highest BCUT2D eigenvalue weighted by molar-refractivity contribution is 7.21. The van der Waals surface area contributed by atoms with Crippen molar-refractivity contribution in [2.24, 2.45) is 0 Å². The summed E-state index contributed by atoms with van der Waals surface area (Å²) in [5.41, 5.74) is 1.65. The Balaban J connectivity index is 2.19. The summed E-state index contributed by atoms with van der Waals surface area (Å²) >= 11 is 1.47. The second kappa shape index (κ2) is 3.64. The van der Waals surface area contributed by atoms with Crippen molar-refractivity contribution >= 4 is 21.7 Å². The second-order valence-corrected chi connectivity index (χ2v) is 4.33. The molecule has 16 heavy (non-hydrogen) atoms. The minimum absolute atomic E-state index is 0.246. The molecule has 0 aliphatic rings. The summed E-state index contributed by atoms with van der Waals surface area (Å²) in [5.74, 6) is -0.246. The summed E-state index contributed by atoms with van der Waals surface area (Å²) in [6.45, 7) is 0. The predicted octanol–water partition coefficient (Wildman–Crippen LogP) is 3.50. The van der Waals surface area contributed by atoms with Crippen molar-refractivity contribution in [1.82, 2.24) is 9.97 Å². The Labute approximate surface area is 95.4 Å². The maximum absolute atomic E-state index is 13.1. The topological polar surface area (TPSA) is 25.8 Å². The third-order valence-corrected chi connectivity index (χ3v) is 3.27. The third-order valence-electron chi connectivity index (χ3n) is 2.24.